The zero-order valence-electron chi connectivity index (χ0n) is 17.9. The summed E-state index contributed by atoms with van der Waals surface area (Å²) in [5.41, 5.74) is 2.68. The highest BCUT2D eigenvalue weighted by atomic mass is 16.5. The first-order valence-electron chi connectivity index (χ1n) is 10.6. The van der Waals surface area contributed by atoms with Crippen LogP contribution in [-0.4, -0.2) is 49.4 Å². The number of hydrogen-bond donors (Lipinski definition) is 3. The Balaban J connectivity index is 1.21. The van der Waals surface area contributed by atoms with Gasteiger partial charge in [-0.2, -0.15) is 0 Å². The van der Waals surface area contributed by atoms with Crippen LogP contribution in [0.1, 0.15) is 12.0 Å². The Morgan fingerprint density at radius 2 is 1.84 bits per heavy atom. The van der Waals surface area contributed by atoms with Gasteiger partial charge in [-0.3, -0.25) is 14.4 Å². The van der Waals surface area contributed by atoms with Gasteiger partial charge in [0.25, 0.3) is 0 Å². The van der Waals surface area contributed by atoms with Crippen molar-refractivity contribution in [3.8, 4) is 5.75 Å². The second-order valence-corrected chi connectivity index (χ2v) is 7.78. The maximum Gasteiger partial charge on any atom is 0.227 e. The maximum atomic E-state index is 12.5. The molecule has 2 heterocycles. The molecule has 1 aliphatic heterocycles. The van der Waals surface area contributed by atoms with Crippen molar-refractivity contribution in [3.05, 3.63) is 60.3 Å². The highest BCUT2D eigenvalue weighted by Gasteiger charge is 2.34. The van der Waals surface area contributed by atoms with E-state index in [1.54, 1.807) is 36.3 Å². The second-order valence-electron chi connectivity index (χ2n) is 7.78. The van der Waals surface area contributed by atoms with Gasteiger partial charge in [-0.25, -0.2) is 0 Å². The fraction of sp³-hybridized carbons (Fsp3) is 0.292. The molecule has 1 aliphatic rings. The molecule has 32 heavy (non-hydrogen) atoms. The minimum Gasteiger partial charge on any atom is -0.497 e. The van der Waals surface area contributed by atoms with E-state index >= 15 is 0 Å². The van der Waals surface area contributed by atoms with Crippen molar-refractivity contribution < 1.29 is 19.1 Å². The van der Waals surface area contributed by atoms with Gasteiger partial charge in [0, 0.05) is 48.8 Å². The van der Waals surface area contributed by atoms with Crippen molar-refractivity contribution in [3.63, 3.8) is 0 Å². The van der Waals surface area contributed by atoms with Crippen LogP contribution in [0.2, 0.25) is 0 Å². The lowest BCUT2D eigenvalue weighted by Crippen LogP contribution is -2.38. The number of aromatic nitrogens is 1. The first-order chi connectivity index (χ1) is 15.5. The number of methoxy groups -OCH3 is 1. The molecule has 8 nitrogen and oxygen atoms in total. The van der Waals surface area contributed by atoms with E-state index in [1.165, 1.54) is 0 Å². The van der Waals surface area contributed by atoms with E-state index in [9.17, 15) is 14.4 Å². The van der Waals surface area contributed by atoms with E-state index < -0.39 is 5.92 Å². The van der Waals surface area contributed by atoms with Crippen molar-refractivity contribution in [2.45, 2.75) is 12.8 Å². The van der Waals surface area contributed by atoms with Gasteiger partial charge in [-0.05, 0) is 35.9 Å². The van der Waals surface area contributed by atoms with Crippen LogP contribution >= 0.6 is 0 Å². The van der Waals surface area contributed by atoms with Crippen LogP contribution in [0.15, 0.2) is 54.7 Å². The van der Waals surface area contributed by atoms with Gasteiger partial charge >= 0.3 is 0 Å². The largest absolute Gasteiger partial charge is 0.497 e. The average molecular weight is 434 g/mol. The maximum absolute atomic E-state index is 12.5. The van der Waals surface area contributed by atoms with Gasteiger partial charge in [-0.15, -0.1) is 0 Å². The Kier molecular flexibility index (Phi) is 6.39. The molecule has 1 aromatic heterocycles. The molecule has 0 radical (unpaired) electrons. The smallest absolute Gasteiger partial charge is 0.227 e. The molecule has 0 bridgehead atoms. The number of para-hydroxylation sites is 1. The van der Waals surface area contributed by atoms with Crippen molar-refractivity contribution in [2.24, 2.45) is 5.92 Å². The molecule has 0 aliphatic carbocycles. The molecule has 0 spiro atoms. The topological polar surface area (TPSA) is 104 Å². The SMILES string of the molecule is COc1ccc(N2C[C@@H](C(=O)NCCNC(=O)Cc3c[nH]c4ccccc34)CC2=O)cc1. The Morgan fingerprint density at radius 1 is 1.09 bits per heavy atom. The summed E-state index contributed by atoms with van der Waals surface area (Å²) in [7, 11) is 1.58. The molecule has 166 valence electrons. The molecule has 1 fully saturated rings. The van der Waals surface area contributed by atoms with Gasteiger partial charge in [0.05, 0.1) is 19.4 Å². The Labute approximate surface area is 185 Å². The van der Waals surface area contributed by atoms with E-state index in [2.05, 4.69) is 15.6 Å². The van der Waals surface area contributed by atoms with Crippen molar-refractivity contribution in [1.82, 2.24) is 15.6 Å². The number of benzene rings is 2. The van der Waals surface area contributed by atoms with Crippen LogP contribution in [0.3, 0.4) is 0 Å². The van der Waals surface area contributed by atoms with Gasteiger partial charge in [0.15, 0.2) is 0 Å². The highest BCUT2D eigenvalue weighted by molar-refractivity contribution is 6.00. The van der Waals surface area contributed by atoms with Gasteiger partial charge in [-0.1, -0.05) is 18.2 Å². The summed E-state index contributed by atoms with van der Waals surface area (Å²) in [4.78, 5) is 41.9. The number of anilines is 1. The molecule has 2 aromatic carbocycles. The third-order valence-electron chi connectivity index (χ3n) is 5.65. The third-order valence-corrected chi connectivity index (χ3v) is 5.65. The van der Waals surface area contributed by atoms with Crippen LogP contribution < -0.4 is 20.3 Å². The molecular formula is C24H26N4O4. The van der Waals surface area contributed by atoms with E-state index in [0.29, 0.717) is 25.4 Å². The monoisotopic (exact) mass is 434 g/mol. The normalized spacial score (nSPS) is 15.7. The summed E-state index contributed by atoms with van der Waals surface area (Å²) in [5, 5.41) is 6.68. The lowest BCUT2D eigenvalue weighted by Gasteiger charge is -2.17. The van der Waals surface area contributed by atoms with Crippen LogP contribution in [-0.2, 0) is 20.8 Å². The standard InChI is InChI=1S/C24H26N4O4/c1-32-19-8-6-18(7-9-19)28-15-17(13-23(28)30)24(31)26-11-10-25-22(29)12-16-14-27-21-5-3-2-4-20(16)21/h2-9,14,17,27H,10-13,15H2,1H3,(H,25,29)(H,26,31)/t17-/m0/s1. The summed E-state index contributed by atoms with van der Waals surface area (Å²) < 4.78 is 5.14. The fourth-order valence-corrected chi connectivity index (χ4v) is 3.94. The van der Waals surface area contributed by atoms with Gasteiger partial charge < -0.3 is 25.3 Å². The first-order valence-corrected chi connectivity index (χ1v) is 10.6. The highest BCUT2D eigenvalue weighted by Crippen LogP contribution is 2.26. The quantitative estimate of drug-likeness (QED) is 0.472. The van der Waals surface area contributed by atoms with Crippen LogP contribution in [0.25, 0.3) is 10.9 Å². The third kappa shape index (κ3) is 4.74. The number of ether oxygens (including phenoxy) is 1. The first kappa shape index (κ1) is 21.4. The predicted molar refractivity (Wildman–Crippen MR) is 121 cm³/mol. The molecule has 0 unspecified atom stereocenters. The number of hydrogen-bond acceptors (Lipinski definition) is 4. The Hall–Kier alpha value is -3.81. The van der Waals surface area contributed by atoms with Crippen molar-refractivity contribution in [1.29, 1.82) is 0 Å². The molecule has 1 saturated heterocycles. The number of amides is 3. The molecule has 0 saturated carbocycles. The average Bonchev–Trinajstić information content (AvgIpc) is 3.40. The molecular weight excluding hydrogens is 408 g/mol. The Bertz CT molecular complexity index is 1120. The number of H-pyrrole nitrogens is 1. The molecule has 3 N–H and O–H groups in total. The predicted octanol–water partition coefficient (Wildman–Crippen LogP) is 2.00. The van der Waals surface area contributed by atoms with Crippen molar-refractivity contribution in [2.75, 3.05) is 31.6 Å². The van der Waals surface area contributed by atoms with E-state index in [1.807, 2.05) is 30.5 Å². The minimum absolute atomic E-state index is 0.0812. The van der Waals surface area contributed by atoms with E-state index in [-0.39, 0.29) is 30.6 Å². The fourth-order valence-electron chi connectivity index (χ4n) is 3.94. The summed E-state index contributed by atoms with van der Waals surface area (Å²) in [5.74, 6) is -0.0683. The number of rotatable bonds is 8. The molecule has 4 rings (SSSR count). The number of aromatic amines is 1. The van der Waals surface area contributed by atoms with Crippen molar-refractivity contribution >= 4 is 34.3 Å². The number of nitrogens with one attached hydrogen (secondary N) is 3. The number of fused-ring (bicyclic) bond motifs is 1. The van der Waals surface area contributed by atoms with Crippen LogP contribution in [0.5, 0.6) is 5.75 Å². The summed E-state index contributed by atoms with van der Waals surface area (Å²) >= 11 is 0. The molecule has 1 atom stereocenters. The van der Waals surface area contributed by atoms with E-state index in [0.717, 1.165) is 22.2 Å². The number of nitrogens with zero attached hydrogens (tertiary/aromatic N) is 1. The van der Waals surface area contributed by atoms with Crippen LogP contribution in [0, 0.1) is 5.92 Å². The lowest BCUT2D eigenvalue weighted by atomic mass is 10.1. The molecule has 3 aromatic rings. The molecule has 8 heteroatoms. The Morgan fingerprint density at radius 3 is 2.62 bits per heavy atom. The van der Waals surface area contributed by atoms with E-state index in [4.69, 9.17) is 4.74 Å². The summed E-state index contributed by atoms with van der Waals surface area (Å²) in [6.07, 6.45) is 2.29. The summed E-state index contributed by atoms with van der Waals surface area (Å²) in [6.45, 7) is 0.978. The van der Waals surface area contributed by atoms with Crippen LogP contribution in [0.4, 0.5) is 5.69 Å². The molecule has 3 amide bonds. The lowest BCUT2D eigenvalue weighted by molar-refractivity contribution is -0.126. The minimum atomic E-state index is -0.411. The van der Waals surface area contributed by atoms with Gasteiger partial charge in [0.2, 0.25) is 17.7 Å². The second kappa shape index (κ2) is 9.55. The number of carbonyl (C=O) groups is 3. The summed E-state index contributed by atoms with van der Waals surface area (Å²) in [6, 6.07) is 15.0. The van der Waals surface area contributed by atoms with Gasteiger partial charge in [0.1, 0.15) is 5.75 Å². The number of carbonyl (C=O) groups excluding carboxylic acids is 3. The zero-order chi connectivity index (χ0) is 22.5. The zero-order valence-corrected chi connectivity index (χ0v) is 17.9.